The van der Waals surface area contributed by atoms with Crippen LogP contribution in [-0.4, -0.2) is 48.7 Å². The summed E-state index contributed by atoms with van der Waals surface area (Å²) in [6, 6.07) is 0. The highest BCUT2D eigenvalue weighted by Crippen LogP contribution is 2.22. The average Bonchev–Trinajstić information content (AvgIpc) is 2.90. The van der Waals surface area contributed by atoms with Gasteiger partial charge < -0.3 is 19.6 Å². The quantitative estimate of drug-likeness (QED) is 0.716. The monoisotopic (exact) mass is 368 g/mol. The second-order valence-electron chi connectivity index (χ2n) is 5.51. The topological polar surface area (TPSA) is 111 Å². The van der Waals surface area contributed by atoms with E-state index >= 15 is 0 Å². The van der Waals surface area contributed by atoms with Gasteiger partial charge in [0.15, 0.2) is 15.9 Å². The minimum atomic E-state index is -0.828. The van der Waals surface area contributed by atoms with Crippen LogP contribution in [0.25, 0.3) is 11.2 Å². The molecule has 1 saturated heterocycles. The van der Waals surface area contributed by atoms with Crippen LogP contribution in [0.15, 0.2) is 11.1 Å². The van der Waals surface area contributed by atoms with Crippen molar-refractivity contribution in [2.75, 3.05) is 13.1 Å². The molecule has 3 heterocycles. The molecule has 3 N–H and O–H groups in total. The fraction of sp³-hybridized carbons (Fsp3) is 0.538. The molecule has 0 atom stereocenters. The maximum absolute atomic E-state index is 10.9. The molecule has 9 heteroatoms. The normalized spacial score (nSPS) is 16.3. The summed E-state index contributed by atoms with van der Waals surface area (Å²) >= 11 is 3.29. The van der Waals surface area contributed by atoms with E-state index < -0.39 is 6.09 Å². The summed E-state index contributed by atoms with van der Waals surface area (Å²) in [5.41, 5.74) is 1.52. The molecule has 2 aromatic heterocycles. The summed E-state index contributed by atoms with van der Waals surface area (Å²) in [6.45, 7) is 1.98. The number of hydrogen-bond acceptors (Lipinski definition) is 4. The van der Waals surface area contributed by atoms with Crippen molar-refractivity contribution < 1.29 is 9.90 Å². The minimum absolute atomic E-state index is 0.180. The number of hydrogen-bond donors (Lipinski definition) is 3. The maximum Gasteiger partial charge on any atom is 0.407 e. The summed E-state index contributed by atoms with van der Waals surface area (Å²) in [5.74, 6) is 0.510. The van der Waals surface area contributed by atoms with Gasteiger partial charge in [0.2, 0.25) is 0 Å². The molecule has 2 aromatic rings. The Kier molecular flexibility index (Phi) is 4.14. The molecule has 0 bridgehead atoms. The molecule has 0 unspecified atom stereocenters. The van der Waals surface area contributed by atoms with Gasteiger partial charge in [0.25, 0.3) is 0 Å². The van der Waals surface area contributed by atoms with Gasteiger partial charge in [-0.2, -0.15) is 0 Å². The third kappa shape index (κ3) is 2.99. The van der Waals surface area contributed by atoms with E-state index in [9.17, 15) is 4.79 Å². The summed E-state index contributed by atoms with van der Waals surface area (Å²) in [7, 11) is 0. The van der Waals surface area contributed by atoms with Gasteiger partial charge in [-0.25, -0.2) is 14.8 Å². The third-order valence-electron chi connectivity index (χ3n) is 4.15. The number of aromatic nitrogens is 4. The largest absolute Gasteiger partial charge is 0.465 e. The Balaban J connectivity index is 1.66. The molecule has 3 rings (SSSR count). The molecule has 1 aliphatic heterocycles. The van der Waals surface area contributed by atoms with E-state index in [-0.39, 0.29) is 5.49 Å². The number of likely N-dealkylation sites (tertiary alicyclic amines) is 1. The number of nitrogens with one attached hydrogen (secondary N) is 2. The lowest BCUT2D eigenvalue weighted by molar-refractivity contribution is 0.122. The Labute approximate surface area is 134 Å². The van der Waals surface area contributed by atoms with Crippen LogP contribution in [0.3, 0.4) is 0 Å². The molecule has 0 spiro atoms. The number of aromatic amines is 1. The molecular formula is C13H17BrN6O2. The number of fused-ring (bicyclic) bond motifs is 1. The van der Waals surface area contributed by atoms with Crippen molar-refractivity contribution in [2.45, 2.75) is 25.8 Å². The second kappa shape index (κ2) is 6.07. The summed E-state index contributed by atoms with van der Waals surface area (Å²) in [4.78, 5) is 23.8. The number of aryl methyl sites for hydroxylation is 1. The van der Waals surface area contributed by atoms with Gasteiger partial charge in [0.05, 0.1) is 6.33 Å². The van der Waals surface area contributed by atoms with Crippen LogP contribution in [0, 0.1) is 11.3 Å². The molecule has 0 saturated carbocycles. The van der Waals surface area contributed by atoms with Gasteiger partial charge >= 0.3 is 6.09 Å². The maximum atomic E-state index is 10.9. The van der Waals surface area contributed by atoms with Crippen LogP contribution in [0.5, 0.6) is 0 Å². The fourth-order valence-corrected chi connectivity index (χ4v) is 3.22. The lowest BCUT2D eigenvalue weighted by Gasteiger charge is -2.30. The molecule has 118 valence electrons. The SMILES string of the molecule is N=c1ncn(CCC2CCN(C(=O)O)CC2)c2nc(Br)[nH]c12. The van der Waals surface area contributed by atoms with E-state index in [2.05, 4.69) is 30.9 Å². The molecule has 0 aliphatic carbocycles. The van der Waals surface area contributed by atoms with E-state index in [1.54, 1.807) is 6.33 Å². The zero-order valence-corrected chi connectivity index (χ0v) is 13.5. The van der Waals surface area contributed by atoms with Crippen LogP contribution < -0.4 is 5.49 Å². The van der Waals surface area contributed by atoms with Crippen LogP contribution in [0.4, 0.5) is 4.79 Å². The Bertz CT molecular complexity index is 747. The zero-order valence-electron chi connectivity index (χ0n) is 11.9. The van der Waals surface area contributed by atoms with Crippen molar-refractivity contribution in [1.29, 1.82) is 5.41 Å². The van der Waals surface area contributed by atoms with Crippen molar-refractivity contribution in [2.24, 2.45) is 5.92 Å². The number of carbonyl (C=O) groups is 1. The average molecular weight is 369 g/mol. The number of nitrogens with zero attached hydrogens (tertiary/aromatic N) is 4. The van der Waals surface area contributed by atoms with E-state index in [0.29, 0.717) is 29.3 Å². The number of amides is 1. The van der Waals surface area contributed by atoms with Crippen molar-refractivity contribution in [1.82, 2.24) is 24.4 Å². The van der Waals surface area contributed by atoms with Gasteiger partial charge in [-0.1, -0.05) is 0 Å². The predicted octanol–water partition coefficient (Wildman–Crippen LogP) is 1.78. The molecule has 1 aliphatic rings. The Morgan fingerprint density at radius 2 is 2.23 bits per heavy atom. The number of imidazole rings is 1. The van der Waals surface area contributed by atoms with E-state index in [0.717, 1.165) is 31.5 Å². The first kappa shape index (κ1) is 15.0. The number of H-pyrrole nitrogens is 1. The fourth-order valence-electron chi connectivity index (χ4n) is 2.85. The zero-order chi connectivity index (χ0) is 15.7. The standard InChI is InChI=1S/C13H17BrN6O2/c14-12-17-9-10(15)16-7-20(11(9)18-12)6-3-8-1-4-19(5-2-8)13(21)22/h7-8,15H,1-6H2,(H,17,18)(H,21,22). The van der Waals surface area contributed by atoms with Gasteiger partial charge in [-0.05, 0) is 41.1 Å². The molecule has 1 fully saturated rings. The van der Waals surface area contributed by atoms with Gasteiger partial charge in [0.1, 0.15) is 5.52 Å². The van der Waals surface area contributed by atoms with Crippen molar-refractivity contribution in [3.05, 3.63) is 16.5 Å². The van der Waals surface area contributed by atoms with E-state index in [1.165, 1.54) is 4.90 Å². The molecule has 0 radical (unpaired) electrons. The highest BCUT2D eigenvalue weighted by molar-refractivity contribution is 9.10. The summed E-state index contributed by atoms with van der Waals surface area (Å²) < 4.78 is 2.53. The van der Waals surface area contributed by atoms with Crippen LogP contribution >= 0.6 is 15.9 Å². The molecular weight excluding hydrogens is 352 g/mol. The molecule has 1 amide bonds. The summed E-state index contributed by atoms with van der Waals surface area (Å²) in [5, 5.41) is 16.7. The molecule has 22 heavy (non-hydrogen) atoms. The van der Waals surface area contributed by atoms with E-state index in [4.69, 9.17) is 10.5 Å². The molecule has 0 aromatic carbocycles. The Morgan fingerprint density at radius 1 is 1.50 bits per heavy atom. The first-order chi connectivity index (χ1) is 10.5. The van der Waals surface area contributed by atoms with Crippen LogP contribution in [0.1, 0.15) is 19.3 Å². The predicted molar refractivity (Wildman–Crippen MR) is 82.4 cm³/mol. The van der Waals surface area contributed by atoms with Crippen LogP contribution in [-0.2, 0) is 6.54 Å². The highest BCUT2D eigenvalue weighted by atomic mass is 79.9. The first-order valence-corrected chi connectivity index (χ1v) is 7.97. The minimum Gasteiger partial charge on any atom is -0.465 e. The number of halogens is 1. The van der Waals surface area contributed by atoms with Gasteiger partial charge in [0, 0.05) is 19.6 Å². The van der Waals surface area contributed by atoms with Gasteiger partial charge in [-0.15, -0.1) is 0 Å². The number of piperidine rings is 1. The van der Waals surface area contributed by atoms with Crippen molar-refractivity contribution in [3.63, 3.8) is 0 Å². The summed E-state index contributed by atoms with van der Waals surface area (Å²) in [6.07, 6.45) is 3.56. The molecule has 8 nitrogen and oxygen atoms in total. The second-order valence-corrected chi connectivity index (χ2v) is 6.27. The van der Waals surface area contributed by atoms with E-state index in [1.807, 2.05) is 4.57 Å². The smallest absolute Gasteiger partial charge is 0.407 e. The van der Waals surface area contributed by atoms with Gasteiger partial charge in [-0.3, -0.25) is 5.41 Å². The highest BCUT2D eigenvalue weighted by Gasteiger charge is 2.22. The van der Waals surface area contributed by atoms with Crippen molar-refractivity contribution in [3.8, 4) is 0 Å². The lowest BCUT2D eigenvalue weighted by atomic mass is 9.94. The third-order valence-corrected chi connectivity index (χ3v) is 4.53. The Morgan fingerprint density at radius 3 is 2.91 bits per heavy atom. The lowest BCUT2D eigenvalue weighted by Crippen LogP contribution is -2.37. The Hall–Kier alpha value is -1.90. The van der Waals surface area contributed by atoms with Crippen LogP contribution in [0.2, 0.25) is 0 Å². The number of rotatable bonds is 3. The number of carboxylic acid groups (broad SMARTS) is 1. The van der Waals surface area contributed by atoms with Crippen molar-refractivity contribution >= 4 is 33.2 Å². The first-order valence-electron chi connectivity index (χ1n) is 7.17.